The van der Waals surface area contributed by atoms with Gasteiger partial charge in [0.25, 0.3) is 0 Å². The SMILES string of the molecule is CCCC(NC(C)(C)CC(N)=O)C(=O)O. The Kier molecular flexibility index (Phi) is 5.28. The van der Waals surface area contributed by atoms with E-state index in [1.807, 2.05) is 6.92 Å². The summed E-state index contributed by atoms with van der Waals surface area (Å²) in [5.74, 6) is -1.33. The number of hydrogen-bond acceptors (Lipinski definition) is 3. The van der Waals surface area contributed by atoms with E-state index in [1.54, 1.807) is 13.8 Å². The number of carbonyl (C=O) groups excluding carboxylic acids is 1. The Morgan fingerprint density at radius 1 is 1.47 bits per heavy atom. The minimum absolute atomic E-state index is 0.125. The molecule has 0 heterocycles. The molecule has 0 aliphatic carbocycles. The normalized spacial score (nSPS) is 13.5. The minimum atomic E-state index is -0.894. The van der Waals surface area contributed by atoms with Gasteiger partial charge in [0.05, 0.1) is 0 Å². The van der Waals surface area contributed by atoms with Gasteiger partial charge in [-0.15, -0.1) is 0 Å². The lowest BCUT2D eigenvalue weighted by Gasteiger charge is -2.28. The molecule has 0 aliphatic rings. The molecule has 0 radical (unpaired) electrons. The van der Waals surface area contributed by atoms with E-state index in [2.05, 4.69) is 5.32 Å². The molecular formula is C10H20N2O3. The number of carboxylic acid groups (broad SMARTS) is 1. The highest BCUT2D eigenvalue weighted by atomic mass is 16.4. The Labute approximate surface area is 90.0 Å². The van der Waals surface area contributed by atoms with Gasteiger partial charge in [0, 0.05) is 12.0 Å². The fourth-order valence-electron chi connectivity index (χ4n) is 1.50. The van der Waals surface area contributed by atoms with Crippen molar-refractivity contribution in [1.82, 2.24) is 5.32 Å². The molecular weight excluding hydrogens is 196 g/mol. The summed E-state index contributed by atoms with van der Waals surface area (Å²) in [6, 6.07) is -0.621. The first-order valence-corrected chi connectivity index (χ1v) is 5.07. The van der Waals surface area contributed by atoms with Crippen LogP contribution in [0.2, 0.25) is 0 Å². The molecule has 0 aromatic rings. The molecule has 5 nitrogen and oxygen atoms in total. The molecule has 0 rings (SSSR count). The van der Waals surface area contributed by atoms with Gasteiger partial charge in [-0.05, 0) is 20.3 Å². The third-order valence-electron chi connectivity index (χ3n) is 2.06. The Bertz CT molecular complexity index is 239. The summed E-state index contributed by atoms with van der Waals surface area (Å²) in [5, 5.41) is 11.8. The largest absolute Gasteiger partial charge is 0.480 e. The van der Waals surface area contributed by atoms with Gasteiger partial charge in [0.2, 0.25) is 5.91 Å². The van der Waals surface area contributed by atoms with Crippen LogP contribution in [0.15, 0.2) is 0 Å². The number of amides is 1. The van der Waals surface area contributed by atoms with E-state index >= 15 is 0 Å². The van der Waals surface area contributed by atoms with Crippen LogP contribution in [0.25, 0.3) is 0 Å². The maximum absolute atomic E-state index is 10.9. The van der Waals surface area contributed by atoms with Crippen LogP contribution in [0.5, 0.6) is 0 Å². The van der Waals surface area contributed by atoms with Gasteiger partial charge < -0.3 is 10.8 Å². The Hall–Kier alpha value is -1.10. The van der Waals surface area contributed by atoms with Gasteiger partial charge in [0.15, 0.2) is 0 Å². The van der Waals surface area contributed by atoms with Crippen LogP contribution in [0, 0.1) is 0 Å². The number of aliphatic carboxylic acids is 1. The average Bonchev–Trinajstić information content (AvgIpc) is 2.00. The number of primary amides is 1. The third kappa shape index (κ3) is 6.06. The summed E-state index contributed by atoms with van der Waals surface area (Å²) in [6.07, 6.45) is 1.44. The Morgan fingerprint density at radius 2 is 2.00 bits per heavy atom. The second-order valence-corrected chi connectivity index (χ2v) is 4.35. The van der Waals surface area contributed by atoms with Crippen molar-refractivity contribution in [3.8, 4) is 0 Å². The van der Waals surface area contributed by atoms with Gasteiger partial charge >= 0.3 is 5.97 Å². The summed E-state index contributed by atoms with van der Waals surface area (Å²) in [5.41, 5.74) is 4.50. The van der Waals surface area contributed by atoms with Gasteiger partial charge in [-0.25, -0.2) is 0 Å². The van der Waals surface area contributed by atoms with Crippen LogP contribution in [-0.4, -0.2) is 28.6 Å². The molecule has 4 N–H and O–H groups in total. The molecule has 0 bridgehead atoms. The van der Waals surface area contributed by atoms with E-state index in [4.69, 9.17) is 10.8 Å². The van der Waals surface area contributed by atoms with Gasteiger partial charge in [0.1, 0.15) is 6.04 Å². The van der Waals surface area contributed by atoms with Crippen molar-refractivity contribution in [2.45, 2.75) is 51.6 Å². The molecule has 15 heavy (non-hydrogen) atoms. The summed E-state index contributed by atoms with van der Waals surface area (Å²) < 4.78 is 0. The first-order chi connectivity index (χ1) is 6.78. The number of nitrogens with two attached hydrogens (primary N) is 1. The predicted molar refractivity (Wildman–Crippen MR) is 57.4 cm³/mol. The van der Waals surface area contributed by atoms with Crippen LogP contribution in [0.4, 0.5) is 0 Å². The fourth-order valence-corrected chi connectivity index (χ4v) is 1.50. The molecule has 0 spiro atoms. The molecule has 5 heteroatoms. The van der Waals surface area contributed by atoms with E-state index in [0.717, 1.165) is 6.42 Å². The summed E-state index contributed by atoms with van der Waals surface area (Å²) in [6.45, 7) is 5.45. The van der Waals surface area contributed by atoms with Crippen LogP contribution < -0.4 is 11.1 Å². The van der Waals surface area contributed by atoms with Crippen molar-refractivity contribution in [2.24, 2.45) is 5.73 Å². The molecule has 0 saturated carbocycles. The second kappa shape index (κ2) is 5.70. The maximum atomic E-state index is 10.9. The lowest BCUT2D eigenvalue weighted by atomic mass is 9.97. The van der Waals surface area contributed by atoms with Crippen LogP contribution in [0.3, 0.4) is 0 Å². The molecule has 1 amide bonds. The number of nitrogens with one attached hydrogen (secondary N) is 1. The molecule has 1 atom stereocenters. The zero-order valence-corrected chi connectivity index (χ0v) is 9.54. The van der Waals surface area contributed by atoms with E-state index in [9.17, 15) is 9.59 Å². The highest BCUT2D eigenvalue weighted by Gasteiger charge is 2.27. The number of carbonyl (C=O) groups is 2. The first kappa shape index (κ1) is 13.9. The predicted octanol–water partition coefficient (Wildman–Crippen LogP) is 0.483. The topological polar surface area (TPSA) is 92.4 Å². The maximum Gasteiger partial charge on any atom is 0.320 e. The monoisotopic (exact) mass is 216 g/mol. The van der Waals surface area contributed by atoms with Crippen molar-refractivity contribution in [2.75, 3.05) is 0 Å². The van der Waals surface area contributed by atoms with Crippen LogP contribution in [0.1, 0.15) is 40.0 Å². The second-order valence-electron chi connectivity index (χ2n) is 4.35. The van der Waals surface area contributed by atoms with Gasteiger partial charge in [-0.1, -0.05) is 13.3 Å². The molecule has 0 aromatic carbocycles. The van der Waals surface area contributed by atoms with Crippen molar-refractivity contribution >= 4 is 11.9 Å². The number of rotatable bonds is 7. The lowest BCUT2D eigenvalue weighted by molar-refractivity contribution is -0.140. The lowest BCUT2D eigenvalue weighted by Crippen LogP contribution is -2.51. The first-order valence-electron chi connectivity index (χ1n) is 5.07. The highest BCUT2D eigenvalue weighted by molar-refractivity contribution is 5.76. The highest BCUT2D eigenvalue weighted by Crippen LogP contribution is 2.11. The fraction of sp³-hybridized carbons (Fsp3) is 0.800. The van der Waals surface area contributed by atoms with E-state index < -0.39 is 23.5 Å². The summed E-state index contributed by atoms with van der Waals surface area (Å²) in [7, 11) is 0. The van der Waals surface area contributed by atoms with Crippen molar-refractivity contribution in [3.63, 3.8) is 0 Å². The molecule has 0 aliphatic heterocycles. The third-order valence-corrected chi connectivity index (χ3v) is 2.06. The summed E-state index contributed by atoms with van der Waals surface area (Å²) >= 11 is 0. The summed E-state index contributed by atoms with van der Waals surface area (Å²) in [4.78, 5) is 21.6. The van der Waals surface area contributed by atoms with Gasteiger partial charge in [-0.2, -0.15) is 0 Å². The number of carboxylic acids is 1. The molecule has 0 fully saturated rings. The molecule has 1 unspecified atom stereocenters. The van der Waals surface area contributed by atoms with E-state index in [0.29, 0.717) is 6.42 Å². The molecule has 0 aromatic heterocycles. The van der Waals surface area contributed by atoms with Gasteiger partial charge in [-0.3, -0.25) is 14.9 Å². The smallest absolute Gasteiger partial charge is 0.320 e. The zero-order chi connectivity index (χ0) is 12.1. The average molecular weight is 216 g/mol. The number of hydrogen-bond donors (Lipinski definition) is 3. The zero-order valence-electron chi connectivity index (χ0n) is 9.54. The van der Waals surface area contributed by atoms with Crippen molar-refractivity contribution < 1.29 is 14.7 Å². The molecule has 88 valence electrons. The van der Waals surface area contributed by atoms with Crippen LogP contribution >= 0.6 is 0 Å². The minimum Gasteiger partial charge on any atom is -0.480 e. The van der Waals surface area contributed by atoms with Crippen molar-refractivity contribution in [3.05, 3.63) is 0 Å². The standard InChI is InChI=1S/C10H20N2O3/c1-4-5-7(9(14)15)12-10(2,3)6-8(11)13/h7,12H,4-6H2,1-3H3,(H2,11,13)(H,14,15). The van der Waals surface area contributed by atoms with E-state index in [1.165, 1.54) is 0 Å². The van der Waals surface area contributed by atoms with Crippen LogP contribution in [-0.2, 0) is 9.59 Å². The van der Waals surface area contributed by atoms with Crippen molar-refractivity contribution in [1.29, 1.82) is 0 Å². The Morgan fingerprint density at radius 3 is 2.33 bits per heavy atom. The van der Waals surface area contributed by atoms with E-state index in [-0.39, 0.29) is 6.42 Å². The quantitative estimate of drug-likeness (QED) is 0.577. The molecule has 0 saturated heterocycles. The Balaban J connectivity index is 4.37.